The summed E-state index contributed by atoms with van der Waals surface area (Å²) in [5.41, 5.74) is 3.38. The van der Waals surface area contributed by atoms with Crippen LogP contribution >= 0.6 is 0 Å². The Morgan fingerprint density at radius 1 is 1.24 bits per heavy atom. The van der Waals surface area contributed by atoms with E-state index in [-0.39, 0.29) is 0 Å². The van der Waals surface area contributed by atoms with E-state index in [0.29, 0.717) is 6.04 Å². The van der Waals surface area contributed by atoms with Crippen molar-refractivity contribution in [1.29, 1.82) is 0 Å². The number of benzene rings is 1. The predicted octanol–water partition coefficient (Wildman–Crippen LogP) is 2.71. The number of anilines is 2. The number of aryl methyl sites for hydroxylation is 1. The number of rotatable bonds is 3. The minimum Gasteiger partial charge on any atom is -0.619 e. The lowest BCUT2D eigenvalue weighted by atomic mass is 10.0. The molecule has 2 heterocycles. The van der Waals surface area contributed by atoms with Gasteiger partial charge in [-0.1, -0.05) is 18.2 Å². The lowest BCUT2D eigenvalue weighted by Gasteiger charge is -2.35. The predicted molar refractivity (Wildman–Crippen MR) is 85.4 cm³/mol. The van der Waals surface area contributed by atoms with Crippen LogP contribution in [0.1, 0.15) is 18.4 Å². The molecule has 2 aromatic rings. The SMILES string of the molecule is Cc1c[n+]([O-])ccc1N1CCCC(Nc2ccccc2)C1. The summed E-state index contributed by atoms with van der Waals surface area (Å²) in [5, 5.41) is 14.9. The Balaban J connectivity index is 1.71. The fourth-order valence-corrected chi connectivity index (χ4v) is 3.01. The molecule has 1 aliphatic heterocycles. The van der Waals surface area contributed by atoms with E-state index < -0.39 is 0 Å². The van der Waals surface area contributed by atoms with E-state index in [4.69, 9.17) is 0 Å². The summed E-state index contributed by atoms with van der Waals surface area (Å²) in [6, 6.07) is 12.7. The molecule has 0 spiro atoms. The van der Waals surface area contributed by atoms with Crippen LogP contribution in [0.25, 0.3) is 0 Å². The first-order valence-corrected chi connectivity index (χ1v) is 7.48. The first-order chi connectivity index (χ1) is 10.2. The Morgan fingerprint density at radius 3 is 2.81 bits per heavy atom. The molecule has 3 rings (SSSR count). The van der Waals surface area contributed by atoms with E-state index in [2.05, 4.69) is 34.5 Å². The number of aromatic nitrogens is 1. The fourth-order valence-electron chi connectivity index (χ4n) is 3.01. The molecule has 110 valence electrons. The van der Waals surface area contributed by atoms with Crippen molar-refractivity contribution in [3.8, 4) is 0 Å². The van der Waals surface area contributed by atoms with Crippen molar-refractivity contribution >= 4 is 11.4 Å². The van der Waals surface area contributed by atoms with Gasteiger partial charge in [0, 0.05) is 36.4 Å². The molecule has 0 saturated carbocycles. The smallest absolute Gasteiger partial charge is 0.185 e. The van der Waals surface area contributed by atoms with Gasteiger partial charge in [0.05, 0.1) is 5.69 Å². The molecule has 0 radical (unpaired) electrons. The van der Waals surface area contributed by atoms with Crippen molar-refractivity contribution < 1.29 is 4.73 Å². The molecule has 1 atom stereocenters. The second kappa shape index (κ2) is 6.04. The Hall–Kier alpha value is -2.23. The fraction of sp³-hybridized carbons (Fsp3) is 0.353. The van der Waals surface area contributed by atoms with Crippen molar-refractivity contribution in [3.05, 3.63) is 59.6 Å². The number of para-hydroxylation sites is 1. The topological polar surface area (TPSA) is 42.2 Å². The molecule has 1 aromatic carbocycles. The van der Waals surface area contributed by atoms with Gasteiger partial charge in [-0.05, 0) is 31.9 Å². The van der Waals surface area contributed by atoms with Gasteiger partial charge in [-0.25, -0.2) is 0 Å². The zero-order valence-electron chi connectivity index (χ0n) is 12.3. The quantitative estimate of drug-likeness (QED) is 0.695. The lowest BCUT2D eigenvalue weighted by Crippen LogP contribution is -2.42. The van der Waals surface area contributed by atoms with Crippen LogP contribution in [0.5, 0.6) is 0 Å². The van der Waals surface area contributed by atoms with Crippen molar-refractivity contribution in [2.24, 2.45) is 0 Å². The van der Waals surface area contributed by atoms with Crippen LogP contribution in [0, 0.1) is 12.1 Å². The second-order valence-corrected chi connectivity index (χ2v) is 5.67. The Morgan fingerprint density at radius 2 is 2.05 bits per heavy atom. The normalized spacial score (nSPS) is 18.5. The van der Waals surface area contributed by atoms with E-state index in [1.54, 1.807) is 12.4 Å². The molecule has 4 nitrogen and oxygen atoms in total. The third kappa shape index (κ3) is 3.27. The maximum Gasteiger partial charge on any atom is 0.185 e. The summed E-state index contributed by atoms with van der Waals surface area (Å²) < 4.78 is 0.864. The lowest BCUT2D eigenvalue weighted by molar-refractivity contribution is -0.605. The zero-order chi connectivity index (χ0) is 14.7. The molecule has 1 saturated heterocycles. The van der Waals surface area contributed by atoms with Crippen LogP contribution in [0.3, 0.4) is 0 Å². The van der Waals surface area contributed by atoms with Crippen LogP contribution < -0.4 is 14.9 Å². The standard InChI is InChI=1S/C17H21N3O/c1-14-12-20(21)11-9-17(14)19-10-5-8-16(13-19)18-15-6-3-2-4-7-15/h2-4,6-7,9,11-12,16,18H,5,8,10,13H2,1H3. The van der Waals surface area contributed by atoms with Crippen LogP contribution in [-0.4, -0.2) is 19.1 Å². The number of piperidine rings is 1. The van der Waals surface area contributed by atoms with E-state index in [0.717, 1.165) is 29.8 Å². The Bertz CT molecular complexity index is 600. The van der Waals surface area contributed by atoms with E-state index in [1.165, 1.54) is 17.8 Å². The van der Waals surface area contributed by atoms with Crippen molar-refractivity contribution in [3.63, 3.8) is 0 Å². The summed E-state index contributed by atoms with van der Waals surface area (Å²) in [5.74, 6) is 0. The molecule has 1 unspecified atom stereocenters. The Labute approximate surface area is 125 Å². The van der Waals surface area contributed by atoms with Gasteiger partial charge in [-0.2, -0.15) is 4.73 Å². The van der Waals surface area contributed by atoms with Crippen LogP contribution in [0.2, 0.25) is 0 Å². The molecule has 0 amide bonds. The van der Waals surface area contributed by atoms with Crippen LogP contribution in [0.15, 0.2) is 48.8 Å². The van der Waals surface area contributed by atoms with Gasteiger partial charge in [0.1, 0.15) is 0 Å². The number of hydrogen-bond acceptors (Lipinski definition) is 3. The van der Waals surface area contributed by atoms with E-state index >= 15 is 0 Å². The number of pyridine rings is 1. The molecule has 1 aliphatic rings. The van der Waals surface area contributed by atoms with Crippen LogP contribution in [0.4, 0.5) is 11.4 Å². The summed E-state index contributed by atoms with van der Waals surface area (Å²) in [4.78, 5) is 2.37. The maximum atomic E-state index is 11.3. The summed E-state index contributed by atoms with van der Waals surface area (Å²) in [7, 11) is 0. The van der Waals surface area contributed by atoms with Crippen LogP contribution in [-0.2, 0) is 0 Å². The molecule has 1 fully saturated rings. The molecule has 0 bridgehead atoms. The number of hydrogen-bond donors (Lipinski definition) is 1. The highest BCUT2D eigenvalue weighted by Crippen LogP contribution is 2.23. The summed E-state index contributed by atoms with van der Waals surface area (Å²) in [6.45, 7) is 4.02. The average Bonchev–Trinajstić information content (AvgIpc) is 2.48. The minimum absolute atomic E-state index is 0.445. The molecule has 21 heavy (non-hydrogen) atoms. The third-order valence-electron chi connectivity index (χ3n) is 4.01. The molecule has 4 heteroatoms. The maximum absolute atomic E-state index is 11.3. The van der Waals surface area contributed by atoms with Gasteiger partial charge in [-0.3, -0.25) is 0 Å². The van der Waals surface area contributed by atoms with Gasteiger partial charge in [0.2, 0.25) is 0 Å². The molecule has 0 aliphatic carbocycles. The molecular formula is C17H21N3O. The first-order valence-electron chi connectivity index (χ1n) is 7.48. The van der Waals surface area contributed by atoms with Gasteiger partial charge in [0.25, 0.3) is 0 Å². The molecule has 1 aromatic heterocycles. The van der Waals surface area contributed by atoms with Gasteiger partial charge in [-0.15, -0.1) is 0 Å². The van der Waals surface area contributed by atoms with Crippen molar-refractivity contribution in [2.75, 3.05) is 23.3 Å². The average molecular weight is 283 g/mol. The number of nitrogens with zero attached hydrogens (tertiary/aromatic N) is 2. The van der Waals surface area contributed by atoms with E-state index in [9.17, 15) is 5.21 Å². The van der Waals surface area contributed by atoms with Gasteiger partial charge in [0.15, 0.2) is 12.4 Å². The highest BCUT2D eigenvalue weighted by atomic mass is 16.5. The third-order valence-corrected chi connectivity index (χ3v) is 4.01. The number of nitrogens with one attached hydrogen (secondary N) is 1. The monoisotopic (exact) mass is 283 g/mol. The zero-order valence-corrected chi connectivity index (χ0v) is 12.3. The molecule has 1 N–H and O–H groups in total. The first kappa shape index (κ1) is 13.7. The highest BCUT2D eigenvalue weighted by Gasteiger charge is 2.21. The summed E-state index contributed by atoms with van der Waals surface area (Å²) in [6.07, 6.45) is 5.56. The van der Waals surface area contributed by atoms with E-state index in [1.807, 2.05) is 19.1 Å². The van der Waals surface area contributed by atoms with Gasteiger partial charge < -0.3 is 15.4 Å². The van der Waals surface area contributed by atoms with Gasteiger partial charge >= 0.3 is 0 Å². The summed E-state index contributed by atoms with van der Waals surface area (Å²) >= 11 is 0. The highest BCUT2D eigenvalue weighted by molar-refractivity contribution is 5.52. The van der Waals surface area contributed by atoms with Crippen molar-refractivity contribution in [1.82, 2.24) is 0 Å². The minimum atomic E-state index is 0.445. The van der Waals surface area contributed by atoms with Crippen molar-refractivity contribution in [2.45, 2.75) is 25.8 Å². The largest absolute Gasteiger partial charge is 0.619 e. The Kier molecular flexibility index (Phi) is 3.95. The second-order valence-electron chi connectivity index (χ2n) is 5.67. The molecular weight excluding hydrogens is 262 g/mol.